The fourth-order valence-corrected chi connectivity index (χ4v) is 10.3. The van der Waals surface area contributed by atoms with E-state index in [-0.39, 0.29) is 21.2 Å². The summed E-state index contributed by atoms with van der Waals surface area (Å²) in [5.74, 6) is 1.31. The van der Waals surface area contributed by atoms with Crippen LogP contribution in [0.15, 0.2) is 291 Å². The molecule has 0 spiro atoms. The summed E-state index contributed by atoms with van der Waals surface area (Å²) in [5.41, 5.74) is 15.6. The van der Waals surface area contributed by atoms with E-state index >= 15 is 0 Å². The molecule has 0 fully saturated rings. The molecule has 4 aromatic heterocycles. The van der Waals surface area contributed by atoms with Gasteiger partial charge < -0.3 is 9.55 Å². The van der Waals surface area contributed by atoms with E-state index in [1.807, 2.05) is 194 Å². The van der Waals surface area contributed by atoms with E-state index in [1.54, 1.807) is 24.3 Å². The van der Waals surface area contributed by atoms with Crippen molar-refractivity contribution in [1.29, 1.82) is 0 Å². The Labute approximate surface area is 494 Å². The molecule has 0 aliphatic carbocycles. The van der Waals surface area contributed by atoms with Crippen molar-refractivity contribution in [3.8, 4) is 95.7 Å². The molecule has 0 atom stereocenters. The van der Waals surface area contributed by atoms with Crippen LogP contribution in [0.4, 0.5) is 11.4 Å². The van der Waals surface area contributed by atoms with Gasteiger partial charge in [0.15, 0.2) is 11.6 Å². The Bertz CT molecular complexity index is 4580. The Morgan fingerprint density at radius 2 is 0.788 bits per heavy atom. The zero-order valence-corrected chi connectivity index (χ0v) is 46.1. The largest absolute Gasteiger partial charge is 0.361 e. The summed E-state index contributed by atoms with van der Waals surface area (Å²) < 4.78 is 2.11. The number of rotatable bonds is 11. The van der Waals surface area contributed by atoms with Crippen LogP contribution in [0, 0.1) is 20.2 Å². The summed E-state index contributed by atoms with van der Waals surface area (Å²) in [6.45, 7) is 0. The maximum atomic E-state index is 11.6. The summed E-state index contributed by atoms with van der Waals surface area (Å²) in [5, 5.41) is 25.3. The minimum atomic E-state index is -0.351. The molecule has 85 heavy (non-hydrogen) atoms. The van der Waals surface area contributed by atoms with Crippen LogP contribution in [-0.2, 0) is 0 Å². The van der Waals surface area contributed by atoms with Crippen molar-refractivity contribution in [2.24, 2.45) is 0 Å². The third kappa shape index (κ3) is 12.3. The number of aromatic nitrogens is 6. The maximum Gasteiger partial charge on any atom is 0.277 e. The highest BCUT2D eigenvalue weighted by molar-refractivity contribution is 6.30. The molecule has 0 radical (unpaired) electrons. The number of para-hydroxylation sites is 2. The third-order valence-electron chi connectivity index (χ3n) is 14.3. The van der Waals surface area contributed by atoms with E-state index in [0.29, 0.717) is 27.8 Å². The van der Waals surface area contributed by atoms with Gasteiger partial charge in [0.1, 0.15) is 0 Å². The Morgan fingerprint density at radius 3 is 1.27 bits per heavy atom. The highest BCUT2D eigenvalue weighted by Crippen LogP contribution is 2.36. The number of benzene rings is 10. The zero-order valence-electron chi connectivity index (χ0n) is 45.4. The van der Waals surface area contributed by atoms with Crippen LogP contribution in [0.2, 0.25) is 5.02 Å². The van der Waals surface area contributed by atoms with Gasteiger partial charge in [-0.1, -0.05) is 194 Å². The van der Waals surface area contributed by atoms with Crippen molar-refractivity contribution in [3.05, 3.63) is 317 Å². The van der Waals surface area contributed by atoms with Gasteiger partial charge >= 0.3 is 0 Å². The number of nitro groups is 2. The Hall–Kier alpha value is -11.5. The van der Waals surface area contributed by atoms with Gasteiger partial charge in [0.05, 0.1) is 49.3 Å². The molecule has 14 rings (SSSR count). The molecule has 0 saturated carbocycles. The first-order valence-corrected chi connectivity index (χ1v) is 27.6. The molecule has 10 aromatic carbocycles. The summed E-state index contributed by atoms with van der Waals surface area (Å²) in [6.07, 6.45) is 3.87. The smallest absolute Gasteiger partial charge is 0.277 e. The van der Waals surface area contributed by atoms with Crippen molar-refractivity contribution in [3.63, 3.8) is 0 Å². The van der Waals surface area contributed by atoms with Gasteiger partial charge in [-0.3, -0.25) is 20.2 Å². The molecule has 0 aliphatic heterocycles. The van der Waals surface area contributed by atoms with E-state index in [4.69, 9.17) is 31.5 Å². The van der Waals surface area contributed by atoms with Crippen molar-refractivity contribution in [2.45, 2.75) is 0 Å². The fourth-order valence-electron chi connectivity index (χ4n) is 10.1. The first kappa shape index (κ1) is 54.1. The molecule has 0 unspecified atom stereocenters. The quantitative estimate of drug-likeness (QED) is 0.0990. The zero-order chi connectivity index (χ0) is 58.1. The first-order chi connectivity index (χ1) is 41.7. The molecular formula is C72H49ClN8O4. The number of nitrogens with zero attached hydrogens (tertiary/aromatic N) is 7. The molecule has 0 amide bonds. The number of hydrogen-bond acceptors (Lipinski definition) is 8. The van der Waals surface area contributed by atoms with Crippen LogP contribution in [0.1, 0.15) is 0 Å². The third-order valence-corrected chi connectivity index (χ3v) is 14.5. The van der Waals surface area contributed by atoms with Crippen LogP contribution in [-0.4, -0.2) is 39.3 Å². The number of H-pyrrole nitrogens is 1. The molecule has 0 aliphatic rings. The van der Waals surface area contributed by atoms with Gasteiger partial charge in [-0.05, 0) is 101 Å². The number of aromatic amines is 1. The van der Waals surface area contributed by atoms with E-state index in [0.717, 1.165) is 94.8 Å². The van der Waals surface area contributed by atoms with Crippen molar-refractivity contribution in [2.75, 3.05) is 0 Å². The maximum absolute atomic E-state index is 11.6. The molecule has 14 aromatic rings. The Balaban J connectivity index is 0.000000139. The monoisotopic (exact) mass is 1120 g/mol. The van der Waals surface area contributed by atoms with Gasteiger partial charge in [0.2, 0.25) is 0 Å². The highest BCUT2D eigenvalue weighted by Gasteiger charge is 2.18. The van der Waals surface area contributed by atoms with Gasteiger partial charge in [0.25, 0.3) is 11.4 Å². The first-order valence-electron chi connectivity index (χ1n) is 27.2. The van der Waals surface area contributed by atoms with Gasteiger partial charge in [-0.25, -0.2) is 19.9 Å². The van der Waals surface area contributed by atoms with E-state index < -0.39 is 0 Å². The van der Waals surface area contributed by atoms with Crippen molar-refractivity contribution >= 4 is 44.8 Å². The molecular weight excluding hydrogens is 1080 g/mol. The molecule has 408 valence electrons. The summed E-state index contributed by atoms with van der Waals surface area (Å²) in [7, 11) is 0. The molecule has 13 heteroatoms. The topological polar surface area (TPSA) is 159 Å². The van der Waals surface area contributed by atoms with Crippen LogP contribution in [0.25, 0.3) is 118 Å². The van der Waals surface area contributed by atoms with Crippen LogP contribution >= 0.6 is 11.6 Å². The number of hydrogen-bond donors (Lipinski definition) is 1. The SMILES string of the molecule is Clc1cccc(-c2nc(-c3ccccc3)cc(-c3ccccc3)n2)c1.O=[N+]([O-])c1ccccc1-c1ccc2[nH]ccc2c1.O=[N+]([O-])c1ccccc1-c1ccc2c(ccn2-c2cccc(-c3nc(-c4ccccc4)cc(-c4ccccc4)n3)c2)c1. The van der Waals surface area contributed by atoms with Gasteiger partial charge in [-0.15, -0.1) is 0 Å². The second-order valence-corrected chi connectivity index (χ2v) is 20.2. The number of halogens is 1. The van der Waals surface area contributed by atoms with Crippen LogP contribution in [0.5, 0.6) is 0 Å². The highest BCUT2D eigenvalue weighted by atomic mass is 35.5. The van der Waals surface area contributed by atoms with Crippen LogP contribution in [0.3, 0.4) is 0 Å². The minimum absolute atomic E-state index is 0.0941. The number of fused-ring (bicyclic) bond motifs is 2. The number of nitro benzene ring substituents is 2. The average molecular weight is 1130 g/mol. The molecule has 1 N–H and O–H groups in total. The second-order valence-electron chi connectivity index (χ2n) is 19.7. The summed E-state index contributed by atoms with van der Waals surface area (Å²) in [6, 6.07) is 89.7. The lowest BCUT2D eigenvalue weighted by molar-refractivity contribution is -0.384. The van der Waals surface area contributed by atoms with E-state index in [1.165, 1.54) is 12.1 Å². The van der Waals surface area contributed by atoms with Crippen molar-refractivity contribution < 1.29 is 9.85 Å². The molecule has 0 bridgehead atoms. The fraction of sp³-hybridized carbons (Fsp3) is 0. The predicted octanol–water partition coefficient (Wildman–Crippen LogP) is 18.9. The van der Waals surface area contributed by atoms with Crippen molar-refractivity contribution in [1.82, 2.24) is 29.5 Å². The van der Waals surface area contributed by atoms with Crippen LogP contribution < -0.4 is 0 Å². The summed E-state index contributed by atoms with van der Waals surface area (Å²) >= 11 is 6.15. The summed E-state index contributed by atoms with van der Waals surface area (Å²) in [4.78, 5) is 44.5. The van der Waals surface area contributed by atoms with Gasteiger partial charge in [-0.2, -0.15) is 0 Å². The molecule has 4 heterocycles. The minimum Gasteiger partial charge on any atom is -0.361 e. The molecule has 12 nitrogen and oxygen atoms in total. The lowest BCUT2D eigenvalue weighted by Crippen LogP contribution is -1.97. The average Bonchev–Trinajstić information content (AvgIpc) is 4.47. The number of nitrogens with one attached hydrogen (secondary N) is 1. The Morgan fingerprint density at radius 1 is 0.365 bits per heavy atom. The molecule has 0 saturated heterocycles. The normalized spacial score (nSPS) is 10.8. The van der Waals surface area contributed by atoms with E-state index in [2.05, 4.69) is 70.2 Å². The Kier molecular flexibility index (Phi) is 15.7. The standard InChI is InChI=1S/C36H24N4O2.C22H15ClN2.C14H10N2O2/c41-40(42)35-17-8-7-16-31(35)27-18-19-34-28(22-27)20-21-39(34)30-15-9-14-29(23-30)36-37-32(25-10-3-1-4-11-25)24-33(38-36)26-12-5-2-6-13-26;23-19-13-7-12-18(14-19)22-24-20(16-8-3-1-4-9-16)15-21(25-22)17-10-5-2-6-11-17;17-16(18)14-4-2-1-3-12(14)10-5-6-13-11(9-10)7-8-15-13/h1-24H;1-15H;1-9,15H. The lowest BCUT2D eigenvalue weighted by atomic mass is 10.0. The lowest BCUT2D eigenvalue weighted by Gasteiger charge is -2.11. The predicted molar refractivity (Wildman–Crippen MR) is 341 cm³/mol. The van der Waals surface area contributed by atoms with Gasteiger partial charge in [0, 0.05) is 79.5 Å². The van der Waals surface area contributed by atoms with E-state index in [9.17, 15) is 20.2 Å². The second kappa shape index (κ2) is 24.7.